The number of aliphatic hydroxyl groups is 1. The van der Waals surface area contributed by atoms with Crippen LogP contribution in [0.5, 0.6) is 11.5 Å². The summed E-state index contributed by atoms with van der Waals surface area (Å²) in [7, 11) is 4.85. The van der Waals surface area contributed by atoms with Crippen molar-refractivity contribution in [3.05, 3.63) is 23.8 Å². The molecule has 0 aliphatic heterocycles. The van der Waals surface area contributed by atoms with E-state index in [0.717, 1.165) is 23.6 Å². The topological polar surface area (TPSA) is 60.0 Å². The molecule has 0 bridgehead atoms. The lowest BCUT2D eigenvalue weighted by atomic mass is 10.2. The van der Waals surface area contributed by atoms with E-state index in [1.165, 1.54) is 0 Å². The standard InChI is InChI=1S/C14H23NO4/c1-17-10-12(16)6-7-15-9-11-4-5-13(18-2)8-14(11)19-3/h4-5,8,12,15-16H,6-7,9-10H2,1-3H3. The van der Waals surface area contributed by atoms with E-state index >= 15 is 0 Å². The Morgan fingerprint density at radius 2 is 2.00 bits per heavy atom. The van der Waals surface area contributed by atoms with Crippen molar-refractivity contribution in [2.75, 3.05) is 34.5 Å². The van der Waals surface area contributed by atoms with E-state index in [1.54, 1.807) is 21.3 Å². The molecule has 0 spiro atoms. The van der Waals surface area contributed by atoms with Crippen molar-refractivity contribution in [1.29, 1.82) is 0 Å². The van der Waals surface area contributed by atoms with Gasteiger partial charge in [-0.2, -0.15) is 0 Å². The largest absolute Gasteiger partial charge is 0.497 e. The number of rotatable bonds is 9. The molecule has 1 unspecified atom stereocenters. The minimum atomic E-state index is -0.421. The van der Waals surface area contributed by atoms with Crippen LogP contribution in [0.4, 0.5) is 0 Å². The minimum Gasteiger partial charge on any atom is -0.497 e. The Labute approximate surface area is 114 Å². The molecule has 1 rings (SSSR count). The molecule has 0 radical (unpaired) electrons. The van der Waals surface area contributed by atoms with Gasteiger partial charge >= 0.3 is 0 Å². The number of methoxy groups -OCH3 is 3. The smallest absolute Gasteiger partial charge is 0.127 e. The first-order valence-corrected chi connectivity index (χ1v) is 6.30. The van der Waals surface area contributed by atoms with Crippen LogP contribution in [0.15, 0.2) is 18.2 Å². The van der Waals surface area contributed by atoms with Gasteiger partial charge in [0.25, 0.3) is 0 Å². The Hall–Kier alpha value is -1.30. The van der Waals surface area contributed by atoms with Gasteiger partial charge in [0.05, 0.1) is 26.9 Å². The Bertz CT molecular complexity index is 370. The predicted molar refractivity (Wildman–Crippen MR) is 73.8 cm³/mol. The SMILES string of the molecule is COCC(O)CCNCc1ccc(OC)cc1OC. The van der Waals surface area contributed by atoms with Crippen LogP contribution in [0.3, 0.4) is 0 Å². The quantitative estimate of drug-likeness (QED) is 0.659. The molecule has 1 aromatic carbocycles. The molecule has 0 aliphatic rings. The summed E-state index contributed by atoms with van der Waals surface area (Å²) < 4.78 is 15.3. The molecule has 1 aromatic rings. The summed E-state index contributed by atoms with van der Waals surface area (Å²) in [6.45, 7) is 1.78. The second kappa shape index (κ2) is 8.74. The summed E-state index contributed by atoms with van der Waals surface area (Å²) in [6, 6.07) is 5.73. The lowest BCUT2D eigenvalue weighted by Crippen LogP contribution is -2.23. The van der Waals surface area contributed by atoms with E-state index in [1.807, 2.05) is 18.2 Å². The summed E-state index contributed by atoms with van der Waals surface area (Å²) in [5.74, 6) is 1.57. The molecule has 19 heavy (non-hydrogen) atoms. The third-order valence-electron chi connectivity index (χ3n) is 2.82. The average Bonchev–Trinajstić information content (AvgIpc) is 2.44. The number of hydrogen-bond acceptors (Lipinski definition) is 5. The molecule has 1 atom stereocenters. The molecule has 0 saturated carbocycles. The summed E-state index contributed by atoms with van der Waals surface area (Å²) in [5.41, 5.74) is 1.06. The van der Waals surface area contributed by atoms with Crippen LogP contribution in [-0.4, -0.2) is 45.7 Å². The Morgan fingerprint density at radius 3 is 2.63 bits per heavy atom. The summed E-state index contributed by atoms with van der Waals surface area (Å²) >= 11 is 0. The molecular formula is C14H23NO4. The maximum Gasteiger partial charge on any atom is 0.127 e. The molecule has 108 valence electrons. The first kappa shape index (κ1) is 15.8. The normalized spacial score (nSPS) is 12.2. The Kier molecular flexibility index (Phi) is 7.25. The van der Waals surface area contributed by atoms with Gasteiger partial charge in [-0.15, -0.1) is 0 Å². The molecule has 0 heterocycles. The van der Waals surface area contributed by atoms with Crippen LogP contribution < -0.4 is 14.8 Å². The van der Waals surface area contributed by atoms with Crippen molar-refractivity contribution < 1.29 is 19.3 Å². The van der Waals surface area contributed by atoms with Gasteiger partial charge in [-0.3, -0.25) is 0 Å². The van der Waals surface area contributed by atoms with E-state index in [4.69, 9.17) is 14.2 Å². The molecule has 5 nitrogen and oxygen atoms in total. The van der Waals surface area contributed by atoms with E-state index in [0.29, 0.717) is 19.6 Å². The summed E-state index contributed by atoms with van der Waals surface area (Å²) in [4.78, 5) is 0. The van der Waals surface area contributed by atoms with Crippen LogP contribution in [0.2, 0.25) is 0 Å². The van der Waals surface area contributed by atoms with Gasteiger partial charge in [-0.05, 0) is 19.0 Å². The molecule has 2 N–H and O–H groups in total. The van der Waals surface area contributed by atoms with Crippen LogP contribution in [0, 0.1) is 0 Å². The van der Waals surface area contributed by atoms with Crippen LogP contribution in [0.25, 0.3) is 0 Å². The summed E-state index contributed by atoms with van der Waals surface area (Å²) in [5, 5.41) is 12.8. The molecule has 5 heteroatoms. The molecule has 0 fully saturated rings. The zero-order valence-corrected chi connectivity index (χ0v) is 11.8. The zero-order valence-electron chi connectivity index (χ0n) is 11.8. The Balaban J connectivity index is 2.40. The maximum atomic E-state index is 9.51. The van der Waals surface area contributed by atoms with Gasteiger partial charge in [-0.25, -0.2) is 0 Å². The van der Waals surface area contributed by atoms with Crippen molar-refractivity contribution in [2.45, 2.75) is 19.1 Å². The van der Waals surface area contributed by atoms with Crippen molar-refractivity contribution in [1.82, 2.24) is 5.32 Å². The maximum absolute atomic E-state index is 9.51. The van der Waals surface area contributed by atoms with Crippen molar-refractivity contribution in [3.8, 4) is 11.5 Å². The lowest BCUT2D eigenvalue weighted by Gasteiger charge is -2.12. The second-order valence-electron chi connectivity index (χ2n) is 4.25. The summed E-state index contributed by atoms with van der Waals surface area (Å²) in [6.07, 6.45) is 0.238. The molecular weight excluding hydrogens is 246 g/mol. The fourth-order valence-corrected chi connectivity index (χ4v) is 1.77. The first-order chi connectivity index (χ1) is 9.21. The second-order valence-corrected chi connectivity index (χ2v) is 4.25. The van der Waals surface area contributed by atoms with Crippen LogP contribution in [0.1, 0.15) is 12.0 Å². The van der Waals surface area contributed by atoms with Crippen molar-refractivity contribution in [3.63, 3.8) is 0 Å². The number of nitrogens with one attached hydrogen (secondary N) is 1. The third kappa shape index (κ3) is 5.46. The van der Waals surface area contributed by atoms with Gasteiger partial charge in [0.2, 0.25) is 0 Å². The predicted octanol–water partition coefficient (Wildman–Crippen LogP) is 1.19. The lowest BCUT2D eigenvalue weighted by molar-refractivity contribution is 0.0594. The fourth-order valence-electron chi connectivity index (χ4n) is 1.77. The number of hydrogen-bond donors (Lipinski definition) is 2. The zero-order chi connectivity index (χ0) is 14.1. The van der Waals surface area contributed by atoms with Crippen molar-refractivity contribution in [2.24, 2.45) is 0 Å². The average molecular weight is 269 g/mol. The number of aliphatic hydroxyl groups excluding tert-OH is 1. The highest BCUT2D eigenvalue weighted by atomic mass is 16.5. The number of ether oxygens (including phenoxy) is 3. The minimum absolute atomic E-state index is 0.369. The van der Waals surface area contributed by atoms with Gasteiger partial charge in [0, 0.05) is 25.3 Å². The molecule has 0 aliphatic carbocycles. The molecule has 0 amide bonds. The van der Waals surface area contributed by atoms with Crippen molar-refractivity contribution >= 4 is 0 Å². The van der Waals surface area contributed by atoms with Crippen LogP contribution >= 0.6 is 0 Å². The fraction of sp³-hybridized carbons (Fsp3) is 0.571. The van der Waals surface area contributed by atoms with E-state index in [-0.39, 0.29) is 0 Å². The van der Waals surface area contributed by atoms with Gasteiger partial charge in [-0.1, -0.05) is 6.07 Å². The third-order valence-corrected chi connectivity index (χ3v) is 2.82. The van der Waals surface area contributed by atoms with Gasteiger partial charge < -0.3 is 24.6 Å². The molecule has 0 aromatic heterocycles. The monoisotopic (exact) mass is 269 g/mol. The van der Waals surface area contributed by atoms with Gasteiger partial charge in [0.15, 0.2) is 0 Å². The first-order valence-electron chi connectivity index (χ1n) is 6.30. The molecule has 0 saturated heterocycles. The van der Waals surface area contributed by atoms with E-state index < -0.39 is 6.10 Å². The van der Waals surface area contributed by atoms with E-state index in [2.05, 4.69) is 5.32 Å². The highest BCUT2D eigenvalue weighted by Crippen LogP contribution is 2.24. The van der Waals surface area contributed by atoms with Gasteiger partial charge in [0.1, 0.15) is 11.5 Å². The van der Waals surface area contributed by atoms with E-state index in [9.17, 15) is 5.11 Å². The Morgan fingerprint density at radius 1 is 1.21 bits per heavy atom. The van der Waals surface area contributed by atoms with Crippen LogP contribution in [-0.2, 0) is 11.3 Å². The number of benzene rings is 1. The highest BCUT2D eigenvalue weighted by Gasteiger charge is 2.06. The highest BCUT2D eigenvalue weighted by molar-refractivity contribution is 5.40.